The summed E-state index contributed by atoms with van der Waals surface area (Å²) < 4.78 is 7.27. The summed E-state index contributed by atoms with van der Waals surface area (Å²) in [6.07, 6.45) is 7.58. The van der Waals surface area contributed by atoms with Crippen molar-refractivity contribution in [3.05, 3.63) is 35.9 Å². The van der Waals surface area contributed by atoms with Gasteiger partial charge in [0.05, 0.1) is 12.3 Å². The number of alkyl carbamates (subject to hydrolysis) is 1. The maximum absolute atomic E-state index is 12.0. The summed E-state index contributed by atoms with van der Waals surface area (Å²) in [5.41, 5.74) is 2.28. The third-order valence-corrected chi connectivity index (χ3v) is 5.95. The van der Waals surface area contributed by atoms with Crippen LogP contribution in [0.2, 0.25) is 0 Å². The van der Waals surface area contributed by atoms with E-state index in [1.54, 1.807) is 23.0 Å². The molecule has 3 heterocycles. The average Bonchev–Trinajstić information content (AvgIpc) is 3.17. The number of rotatable bonds is 6. The first-order valence-electron chi connectivity index (χ1n) is 10.3. The molecular weight excluding hydrogens is 386 g/mol. The molecule has 0 unspecified atom stereocenters. The van der Waals surface area contributed by atoms with Gasteiger partial charge in [-0.1, -0.05) is 0 Å². The van der Waals surface area contributed by atoms with E-state index >= 15 is 0 Å². The SMILES string of the molecule is CC1(NC(=O)O[C@@H]2CC[C@H](c3cc(Nc4nccn5nc(CO)cc45)n[nH]3)C2)CC1. The molecule has 3 aromatic heterocycles. The Bertz CT molecular complexity index is 1070. The van der Waals surface area contributed by atoms with Crippen LogP contribution in [-0.2, 0) is 11.3 Å². The molecule has 0 aromatic carbocycles. The second-order valence-electron chi connectivity index (χ2n) is 8.46. The van der Waals surface area contributed by atoms with Crippen molar-refractivity contribution in [1.82, 2.24) is 30.1 Å². The van der Waals surface area contributed by atoms with E-state index in [9.17, 15) is 9.90 Å². The maximum Gasteiger partial charge on any atom is 0.407 e. The molecule has 1 amide bonds. The van der Waals surface area contributed by atoms with Gasteiger partial charge in [-0.05, 0) is 45.1 Å². The van der Waals surface area contributed by atoms with E-state index in [-0.39, 0.29) is 30.3 Å². The minimum Gasteiger partial charge on any atom is -0.446 e. The molecule has 5 rings (SSSR count). The molecule has 2 saturated carbocycles. The minimum atomic E-state index is -0.310. The van der Waals surface area contributed by atoms with E-state index in [0.29, 0.717) is 17.3 Å². The summed E-state index contributed by atoms with van der Waals surface area (Å²) in [5, 5.41) is 27.2. The monoisotopic (exact) mass is 411 g/mol. The Morgan fingerprint density at radius 2 is 2.27 bits per heavy atom. The number of anilines is 2. The number of aromatic nitrogens is 5. The Labute approximate surface area is 173 Å². The number of aliphatic hydroxyl groups is 1. The number of hydrogen-bond donors (Lipinski definition) is 4. The fraction of sp³-hybridized carbons (Fsp3) is 0.500. The smallest absolute Gasteiger partial charge is 0.407 e. The standard InChI is InChI=1S/C20H25N7O3/c1-20(4-5-20)23-19(29)30-14-3-2-12(8-14)15-10-17(25-24-15)22-18-16-9-13(11-28)26-27(16)7-6-21-18/h6-7,9-10,12,14,28H,2-5,8,11H2,1H3,(H,23,29)(H2,21,22,24,25)/t12-,14+/m0/s1. The van der Waals surface area contributed by atoms with Crippen molar-refractivity contribution in [3.63, 3.8) is 0 Å². The zero-order valence-corrected chi connectivity index (χ0v) is 16.8. The lowest BCUT2D eigenvalue weighted by atomic mass is 10.0. The lowest BCUT2D eigenvalue weighted by Crippen LogP contribution is -2.36. The van der Waals surface area contributed by atoms with Crippen molar-refractivity contribution in [2.24, 2.45) is 0 Å². The maximum atomic E-state index is 12.0. The van der Waals surface area contributed by atoms with Crippen molar-refractivity contribution in [1.29, 1.82) is 0 Å². The molecule has 30 heavy (non-hydrogen) atoms. The number of carbonyl (C=O) groups excluding carboxylic acids is 1. The second kappa shape index (κ2) is 7.28. The Kier molecular flexibility index (Phi) is 4.58. The van der Waals surface area contributed by atoms with Crippen molar-refractivity contribution in [2.45, 2.75) is 63.2 Å². The Morgan fingerprint density at radius 3 is 3.07 bits per heavy atom. The molecule has 0 saturated heterocycles. The van der Waals surface area contributed by atoms with Crippen LogP contribution >= 0.6 is 0 Å². The summed E-state index contributed by atoms with van der Waals surface area (Å²) in [7, 11) is 0. The summed E-state index contributed by atoms with van der Waals surface area (Å²) in [6, 6.07) is 3.75. The molecule has 0 bridgehead atoms. The van der Waals surface area contributed by atoms with Crippen LogP contribution in [0.1, 0.15) is 56.3 Å². The van der Waals surface area contributed by atoms with Crippen LogP contribution in [0.3, 0.4) is 0 Å². The molecule has 4 N–H and O–H groups in total. The molecule has 0 radical (unpaired) electrons. The minimum absolute atomic E-state index is 0.0661. The molecule has 158 valence electrons. The highest BCUT2D eigenvalue weighted by atomic mass is 16.6. The van der Waals surface area contributed by atoms with Crippen molar-refractivity contribution < 1.29 is 14.6 Å². The summed E-state index contributed by atoms with van der Waals surface area (Å²) in [4.78, 5) is 16.4. The number of carbonyl (C=O) groups is 1. The van der Waals surface area contributed by atoms with E-state index in [0.717, 1.165) is 43.3 Å². The van der Waals surface area contributed by atoms with Gasteiger partial charge in [-0.3, -0.25) is 5.10 Å². The summed E-state index contributed by atoms with van der Waals surface area (Å²) in [5.74, 6) is 1.53. The predicted octanol–water partition coefficient (Wildman–Crippen LogP) is 2.60. The van der Waals surface area contributed by atoms with Gasteiger partial charge in [0.1, 0.15) is 11.6 Å². The van der Waals surface area contributed by atoms with Crippen LogP contribution in [0.5, 0.6) is 0 Å². The Morgan fingerprint density at radius 1 is 1.40 bits per heavy atom. The highest BCUT2D eigenvalue weighted by molar-refractivity contribution is 5.72. The number of H-pyrrole nitrogens is 1. The predicted molar refractivity (Wildman–Crippen MR) is 108 cm³/mol. The average molecular weight is 411 g/mol. The van der Waals surface area contributed by atoms with Gasteiger partial charge in [-0.25, -0.2) is 14.3 Å². The fourth-order valence-corrected chi connectivity index (χ4v) is 3.95. The van der Waals surface area contributed by atoms with Crippen LogP contribution in [0, 0.1) is 0 Å². The van der Waals surface area contributed by atoms with Crippen LogP contribution in [0.15, 0.2) is 24.5 Å². The lowest BCUT2D eigenvalue weighted by molar-refractivity contribution is 0.0967. The molecule has 10 nitrogen and oxygen atoms in total. The first kappa shape index (κ1) is 18.9. The third-order valence-electron chi connectivity index (χ3n) is 5.95. The quantitative estimate of drug-likeness (QED) is 0.490. The topological polar surface area (TPSA) is 129 Å². The van der Waals surface area contributed by atoms with Gasteiger partial charge in [0, 0.05) is 35.6 Å². The van der Waals surface area contributed by atoms with Gasteiger partial charge in [0.2, 0.25) is 0 Å². The van der Waals surface area contributed by atoms with E-state index in [4.69, 9.17) is 4.74 Å². The number of amides is 1. The van der Waals surface area contributed by atoms with Gasteiger partial charge in [0.25, 0.3) is 0 Å². The number of ether oxygens (including phenoxy) is 1. The van der Waals surface area contributed by atoms with Crippen LogP contribution in [0.4, 0.5) is 16.4 Å². The summed E-state index contributed by atoms with van der Waals surface area (Å²) in [6.45, 7) is 1.91. The number of nitrogens with zero attached hydrogens (tertiary/aromatic N) is 4. The Hall–Kier alpha value is -3.14. The number of aliphatic hydroxyl groups excluding tert-OH is 1. The molecule has 0 spiro atoms. The molecule has 2 aliphatic rings. The number of aromatic amines is 1. The molecule has 10 heteroatoms. The molecule has 3 aromatic rings. The highest BCUT2D eigenvalue weighted by Gasteiger charge is 2.40. The zero-order valence-electron chi connectivity index (χ0n) is 16.8. The molecule has 2 fully saturated rings. The van der Waals surface area contributed by atoms with Gasteiger partial charge >= 0.3 is 6.09 Å². The molecule has 0 aliphatic heterocycles. The normalized spacial score (nSPS) is 22.2. The van der Waals surface area contributed by atoms with Gasteiger partial charge < -0.3 is 20.5 Å². The van der Waals surface area contributed by atoms with E-state index < -0.39 is 0 Å². The van der Waals surface area contributed by atoms with Crippen molar-refractivity contribution in [2.75, 3.05) is 5.32 Å². The summed E-state index contributed by atoms with van der Waals surface area (Å²) >= 11 is 0. The third kappa shape index (κ3) is 3.82. The van der Waals surface area contributed by atoms with E-state index in [1.165, 1.54) is 0 Å². The number of nitrogens with one attached hydrogen (secondary N) is 3. The van der Waals surface area contributed by atoms with Gasteiger partial charge in [-0.2, -0.15) is 10.2 Å². The van der Waals surface area contributed by atoms with E-state index in [2.05, 4.69) is 30.9 Å². The molecule has 2 aliphatic carbocycles. The van der Waals surface area contributed by atoms with Crippen molar-refractivity contribution >= 4 is 23.2 Å². The van der Waals surface area contributed by atoms with Crippen LogP contribution in [0.25, 0.3) is 5.52 Å². The molecule has 2 atom stereocenters. The van der Waals surface area contributed by atoms with Crippen LogP contribution < -0.4 is 10.6 Å². The number of fused-ring (bicyclic) bond motifs is 1. The first-order valence-corrected chi connectivity index (χ1v) is 10.3. The number of hydrogen-bond acceptors (Lipinski definition) is 7. The second-order valence-corrected chi connectivity index (χ2v) is 8.46. The highest BCUT2D eigenvalue weighted by Crippen LogP contribution is 2.37. The zero-order chi connectivity index (χ0) is 20.7. The van der Waals surface area contributed by atoms with Gasteiger partial charge in [0.15, 0.2) is 11.6 Å². The molecular formula is C20H25N7O3. The fourth-order valence-electron chi connectivity index (χ4n) is 3.95. The Balaban J connectivity index is 1.22. The largest absolute Gasteiger partial charge is 0.446 e. The first-order chi connectivity index (χ1) is 14.5. The van der Waals surface area contributed by atoms with Gasteiger partial charge in [-0.15, -0.1) is 0 Å². The van der Waals surface area contributed by atoms with Crippen molar-refractivity contribution in [3.8, 4) is 0 Å². The van der Waals surface area contributed by atoms with Crippen LogP contribution in [-0.4, -0.2) is 47.6 Å². The lowest BCUT2D eigenvalue weighted by Gasteiger charge is -2.16. The van der Waals surface area contributed by atoms with E-state index in [1.807, 2.05) is 13.0 Å².